The molecule has 0 aliphatic rings. The molecular formula is C9H17NO3S. The van der Waals surface area contributed by atoms with Crippen LogP contribution < -0.4 is 0 Å². The van der Waals surface area contributed by atoms with Crippen molar-refractivity contribution in [2.24, 2.45) is 0 Å². The van der Waals surface area contributed by atoms with Crippen molar-refractivity contribution in [3.8, 4) is 0 Å². The lowest BCUT2D eigenvalue weighted by Gasteiger charge is -2.19. The van der Waals surface area contributed by atoms with Gasteiger partial charge in [0.25, 0.3) is 0 Å². The Kier molecular flexibility index (Phi) is 6.36. The Morgan fingerprint density at radius 3 is 2.50 bits per heavy atom. The zero-order valence-electron chi connectivity index (χ0n) is 8.82. The van der Waals surface area contributed by atoms with E-state index in [0.29, 0.717) is 13.0 Å². The Morgan fingerprint density at radius 2 is 2.07 bits per heavy atom. The average Bonchev–Trinajstić information content (AvgIpc) is 2.14. The van der Waals surface area contributed by atoms with E-state index in [1.807, 2.05) is 13.2 Å². The maximum atomic E-state index is 11.5. The van der Waals surface area contributed by atoms with Gasteiger partial charge in [-0.2, -0.15) is 11.8 Å². The van der Waals surface area contributed by atoms with Gasteiger partial charge in [0.15, 0.2) is 0 Å². The molecule has 0 radical (unpaired) electrons. The van der Waals surface area contributed by atoms with Crippen LogP contribution >= 0.6 is 11.8 Å². The number of aliphatic carboxylic acids is 1. The molecule has 0 aliphatic carbocycles. The molecule has 1 atom stereocenters. The number of carboxylic acid groups (broad SMARTS) is 1. The Morgan fingerprint density at radius 1 is 1.50 bits per heavy atom. The number of hydrogen-bond acceptors (Lipinski definition) is 3. The second-order valence-corrected chi connectivity index (χ2v) is 4.31. The van der Waals surface area contributed by atoms with Gasteiger partial charge >= 0.3 is 5.97 Å². The Bertz CT molecular complexity index is 208. The van der Waals surface area contributed by atoms with Gasteiger partial charge in [0.2, 0.25) is 5.91 Å². The van der Waals surface area contributed by atoms with Crippen molar-refractivity contribution in [2.75, 3.05) is 19.8 Å². The monoisotopic (exact) mass is 219 g/mol. The summed E-state index contributed by atoms with van der Waals surface area (Å²) in [4.78, 5) is 23.3. The van der Waals surface area contributed by atoms with Gasteiger partial charge in [-0.3, -0.25) is 9.59 Å². The van der Waals surface area contributed by atoms with Gasteiger partial charge in [0, 0.05) is 20.0 Å². The third-order valence-corrected chi connectivity index (χ3v) is 2.87. The molecule has 82 valence electrons. The standard InChI is InChI=1S/C9H17NO3S/c1-7(14-3)9(13)10(2)6-4-5-8(11)12/h7H,4-6H2,1-3H3,(H,11,12). The van der Waals surface area contributed by atoms with E-state index in [1.165, 1.54) is 11.8 Å². The summed E-state index contributed by atoms with van der Waals surface area (Å²) >= 11 is 1.49. The number of thioether (sulfide) groups is 1. The predicted octanol–water partition coefficient (Wildman–Crippen LogP) is 1.06. The molecule has 1 N–H and O–H groups in total. The van der Waals surface area contributed by atoms with Gasteiger partial charge < -0.3 is 10.0 Å². The van der Waals surface area contributed by atoms with Crippen molar-refractivity contribution in [2.45, 2.75) is 25.0 Å². The number of nitrogens with zero attached hydrogens (tertiary/aromatic N) is 1. The molecular weight excluding hydrogens is 202 g/mol. The molecule has 0 bridgehead atoms. The van der Waals surface area contributed by atoms with Crippen molar-refractivity contribution in [1.82, 2.24) is 4.90 Å². The summed E-state index contributed by atoms with van der Waals surface area (Å²) in [6.45, 7) is 2.36. The fourth-order valence-electron chi connectivity index (χ4n) is 0.989. The van der Waals surface area contributed by atoms with Crippen LogP contribution in [0.1, 0.15) is 19.8 Å². The number of carbonyl (C=O) groups is 2. The molecule has 0 heterocycles. The molecule has 0 spiro atoms. The molecule has 5 heteroatoms. The lowest BCUT2D eigenvalue weighted by Crippen LogP contribution is -2.34. The van der Waals surface area contributed by atoms with E-state index in [4.69, 9.17) is 5.11 Å². The third-order valence-electron chi connectivity index (χ3n) is 1.96. The van der Waals surface area contributed by atoms with Gasteiger partial charge in [-0.25, -0.2) is 0 Å². The number of amides is 1. The van der Waals surface area contributed by atoms with E-state index in [2.05, 4.69) is 0 Å². The first-order valence-corrected chi connectivity index (χ1v) is 5.77. The van der Waals surface area contributed by atoms with Crippen molar-refractivity contribution in [3.05, 3.63) is 0 Å². The van der Waals surface area contributed by atoms with Crippen molar-refractivity contribution < 1.29 is 14.7 Å². The number of rotatable bonds is 6. The minimum Gasteiger partial charge on any atom is -0.481 e. The molecule has 0 fully saturated rings. The summed E-state index contributed by atoms with van der Waals surface area (Å²) in [5, 5.41) is 8.36. The first-order valence-electron chi connectivity index (χ1n) is 4.48. The zero-order valence-corrected chi connectivity index (χ0v) is 9.63. The summed E-state index contributed by atoms with van der Waals surface area (Å²) in [6, 6.07) is 0. The smallest absolute Gasteiger partial charge is 0.303 e. The van der Waals surface area contributed by atoms with Gasteiger partial charge in [-0.15, -0.1) is 0 Å². The predicted molar refractivity (Wildman–Crippen MR) is 57.5 cm³/mol. The molecule has 0 rings (SSSR count). The minimum atomic E-state index is -0.816. The van der Waals surface area contributed by atoms with Crippen molar-refractivity contribution in [3.63, 3.8) is 0 Å². The second kappa shape index (κ2) is 6.70. The highest BCUT2D eigenvalue weighted by atomic mass is 32.2. The molecule has 14 heavy (non-hydrogen) atoms. The quantitative estimate of drug-likeness (QED) is 0.725. The minimum absolute atomic E-state index is 0.0511. The second-order valence-electron chi connectivity index (χ2n) is 3.14. The molecule has 0 aromatic heterocycles. The van der Waals surface area contributed by atoms with E-state index >= 15 is 0 Å². The molecule has 0 aromatic carbocycles. The Hall–Kier alpha value is -0.710. The van der Waals surface area contributed by atoms with Crippen LogP contribution in [0.2, 0.25) is 0 Å². The first-order chi connectivity index (χ1) is 6.49. The fourth-order valence-corrected chi connectivity index (χ4v) is 1.37. The number of hydrogen-bond donors (Lipinski definition) is 1. The number of carbonyl (C=O) groups excluding carboxylic acids is 1. The van der Waals surface area contributed by atoms with Crippen LogP contribution in [0, 0.1) is 0 Å². The molecule has 0 aromatic rings. The third kappa shape index (κ3) is 5.11. The van der Waals surface area contributed by atoms with E-state index in [-0.39, 0.29) is 17.6 Å². The van der Waals surface area contributed by atoms with Crippen LogP contribution in [0.25, 0.3) is 0 Å². The largest absolute Gasteiger partial charge is 0.481 e. The lowest BCUT2D eigenvalue weighted by molar-refractivity contribution is -0.137. The maximum Gasteiger partial charge on any atom is 0.303 e. The first kappa shape index (κ1) is 13.3. The lowest BCUT2D eigenvalue weighted by atomic mass is 10.3. The van der Waals surface area contributed by atoms with Crippen LogP contribution in [0.15, 0.2) is 0 Å². The van der Waals surface area contributed by atoms with Crippen molar-refractivity contribution in [1.29, 1.82) is 0 Å². The maximum absolute atomic E-state index is 11.5. The molecule has 1 amide bonds. The van der Waals surface area contributed by atoms with Crippen molar-refractivity contribution >= 4 is 23.6 Å². The normalized spacial score (nSPS) is 12.2. The van der Waals surface area contributed by atoms with Crippen LogP contribution in [0.3, 0.4) is 0 Å². The summed E-state index contributed by atoms with van der Waals surface area (Å²) in [6.07, 6.45) is 2.51. The SMILES string of the molecule is CSC(C)C(=O)N(C)CCCC(=O)O. The molecule has 1 unspecified atom stereocenters. The van der Waals surface area contributed by atoms with Crippen LogP contribution in [-0.2, 0) is 9.59 Å². The highest BCUT2D eigenvalue weighted by molar-refractivity contribution is 7.99. The van der Waals surface area contributed by atoms with Crippen LogP contribution in [0.4, 0.5) is 0 Å². The van der Waals surface area contributed by atoms with Crippen LogP contribution in [-0.4, -0.2) is 47.0 Å². The van der Waals surface area contributed by atoms with E-state index in [1.54, 1.807) is 11.9 Å². The van der Waals surface area contributed by atoms with Gasteiger partial charge in [-0.05, 0) is 19.6 Å². The summed E-state index contributed by atoms with van der Waals surface area (Å²) in [7, 11) is 1.71. The summed E-state index contributed by atoms with van der Waals surface area (Å²) in [5.74, 6) is -0.758. The number of carboxylic acids is 1. The Balaban J connectivity index is 3.78. The van der Waals surface area contributed by atoms with E-state index in [0.717, 1.165) is 0 Å². The fraction of sp³-hybridized carbons (Fsp3) is 0.778. The molecule has 0 saturated heterocycles. The summed E-state index contributed by atoms with van der Waals surface area (Å²) < 4.78 is 0. The zero-order chi connectivity index (χ0) is 11.1. The molecule has 0 aliphatic heterocycles. The van der Waals surface area contributed by atoms with E-state index < -0.39 is 5.97 Å². The Labute approximate surface area is 88.7 Å². The molecule has 0 saturated carbocycles. The van der Waals surface area contributed by atoms with E-state index in [9.17, 15) is 9.59 Å². The average molecular weight is 219 g/mol. The van der Waals surface area contributed by atoms with Gasteiger partial charge in [0.1, 0.15) is 0 Å². The summed E-state index contributed by atoms with van der Waals surface area (Å²) in [5.41, 5.74) is 0. The highest BCUT2D eigenvalue weighted by Gasteiger charge is 2.15. The van der Waals surface area contributed by atoms with Gasteiger partial charge in [-0.1, -0.05) is 0 Å². The highest BCUT2D eigenvalue weighted by Crippen LogP contribution is 2.08. The van der Waals surface area contributed by atoms with Crippen LogP contribution in [0.5, 0.6) is 0 Å². The van der Waals surface area contributed by atoms with Gasteiger partial charge in [0.05, 0.1) is 5.25 Å². The topological polar surface area (TPSA) is 57.6 Å². The molecule has 4 nitrogen and oxygen atoms in total.